The summed E-state index contributed by atoms with van der Waals surface area (Å²) in [5.74, 6) is 0.146. The maximum Gasteiger partial charge on any atom is 0.416 e. The zero-order chi connectivity index (χ0) is 23.6. The van der Waals surface area contributed by atoms with Crippen LogP contribution in [0.25, 0.3) is 0 Å². The van der Waals surface area contributed by atoms with E-state index >= 15 is 0 Å². The lowest BCUT2D eigenvalue weighted by atomic mass is 9.82. The van der Waals surface area contributed by atoms with Gasteiger partial charge >= 0.3 is 6.18 Å². The van der Waals surface area contributed by atoms with E-state index in [1.54, 1.807) is 12.1 Å². The number of hydrogen-bond acceptors (Lipinski definition) is 5. The van der Waals surface area contributed by atoms with Crippen LogP contribution >= 0.6 is 0 Å². The molecule has 1 aliphatic heterocycles. The second kappa shape index (κ2) is 9.01. The van der Waals surface area contributed by atoms with Gasteiger partial charge in [0.2, 0.25) is 5.95 Å². The molecular weight excluding hydrogens is 455 g/mol. The predicted molar refractivity (Wildman–Crippen MR) is 117 cm³/mol. The van der Waals surface area contributed by atoms with E-state index < -0.39 is 21.8 Å². The Morgan fingerprint density at radius 1 is 1.09 bits per heavy atom. The highest BCUT2D eigenvalue weighted by Crippen LogP contribution is 2.42. The highest BCUT2D eigenvalue weighted by molar-refractivity contribution is 7.92. The average molecular weight is 478 g/mol. The highest BCUT2D eigenvalue weighted by atomic mass is 32.2. The van der Waals surface area contributed by atoms with Crippen molar-refractivity contribution < 1.29 is 26.3 Å². The molecule has 1 aromatic heterocycles. The van der Waals surface area contributed by atoms with Gasteiger partial charge in [0, 0.05) is 29.9 Å². The van der Waals surface area contributed by atoms with Crippen LogP contribution in [0.3, 0.4) is 0 Å². The number of nitrogens with zero attached hydrogens (tertiary/aromatic N) is 2. The van der Waals surface area contributed by atoms with Crippen LogP contribution in [0.1, 0.15) is 47.9 Å². The zero-order valence-corrected chi connectivity index (χ0v) is 18.6. The third-order valence-electron chi connectivity index (χ3n) is 5.49. The molecule has 4 rings (SSSR count). The van der Waals surface area contributed by atoms with Crippen molar-refractivity contribution in [2.45, 2.75) is 43.2 Å². The first kappa shape index (κ1) is 23.0. The molecule has 1 atom stereocenters. The van der Waals surface area contributed by atoms with Crippen LogP contribution in [-0.2, 0) is 22.6 Å². The molecule has 3 aromatic rings. The van der Waals surface area contributed by atoms with E-state index in [9.17, 15) is 21.6 Å². The Morgan fingerprint density at radius 2 is 1.82 bits per heavy atom. The van der Waals surface area contributed by atoms with Crippen LogP contribution < -0.4 is 9.46 Å². The number of nitrogens with one attached hydrogen (secondary N) is 1. The van der Waals surface area contributed by atoms with Gasteiger partial charge in [-0.25, -0.2) is 23.1 Å². The highest BCUT2D eigenvalue weighted by Gasteiger charge is 2.33. The topological polar surface area (TPSA) is 81.2 Å². The molecule has 2 heterocycles. The van der Waals surface area contributed by atoms with E-state index in [4.69, 9.17) is 4.74 Å². The van der Waals surface area contributed by atoms with Crippen molar-refractivity contribution in [1.29, 1.82) is 0 Å². The molecule has 0 saturated heterocycles. The number of sulfonamides is 1. The molecule has 0 saturated carbocycles. The molecule has 33 heavy (non-hydrogen) atoms. The first-order valence-electron chi connectivity index (χ1n) is 10.5. The van der Waals surface area contributed by atoms with Crippen LogP contribution in [0.2, 0.25) is 0 Å². The summed E-state index contributed by atoms with van der Waals surface area (Å²) >= 11 is 0. The molecule has 10 heteroatoms. The van der Waals surface area contributed by atoms with E-state index in [-0.39, 0.29) is 16.8 Å². The Kier molecular flexibility index (Phi) is 6.29. The number of anilines is 1. The standard InChI is InChI=1S/C23H22F3N3O3S/c1-2-4-15-13-16(23(24,25)26)5-7-18(15)19-9-12-32-21-14-17(6-8-20(19)21)33(30,31)29-22-27-10-3-11-28-22/h3,5-8,10-11,13-14,19H,2,4,9,12H2,1H3,(H,27,28,29). The fraction of sp³-hybridized carbons (Fsp3) is 0.304. The molecule has 174 valence electrons. The third-order valence-corrected chi connectivity index (χ3v) is 6.82. The molecule has 0 amide bonds. The number of hydrogen-bond donors (Lipinski definition) is 1. The van der Waals surface area contributed by atoms with Gasteiger partial charge in [-0.3, -0.25) is 0 Å². The molecule has 0 radical (unpaired) electrons. The van der Waals surface area contributed by atoms with Gasteiger partial charge in [-0.15, -0.1) is 0 Å². The van der Waals surface area contributed by atoms with Crippen LogP contribution in [-0.4, -0.2) is 25.0 Å². The number of ether oxygens (including phenoxy) is 1. The summed E-state index contributed by atoms with van der Waals surface area (Å²) in [5.41, 5.74) is 1.52. The fourth-order valence-corrected chi connectivity index (χ4v) is 4.97. The molecule has 0 bridgehead atoms. The number of alkyl halides is 3. The van der Waals surface area contributed by atoms with Crippen molar-refractivity contribution in [2.24, 2.45) is 0 Å². The minimum Gasteiger partial charge on any atom is -0.493 e. The Labute approximate surface area is 189 Å². The van der Waals surface area contributed by atoms with Crippen molar-refractivity contribution in [2.75, 3.05) is 11.3 Å². The van der Waals surface area contributed by atoms with Gasteiger partial charge in [-0.1, -0.05) is 25.5 Å². The number of aromatic nitrogens is 2. The zero-order valence-electron chi connectivity index (χ0n) is 17.8. The molecule has 2 aromatic carbocycles. The Balaban J connectivity index is 1.69. The van der Waals surface area contributed by atoms with Crippen molar-refractivity contribution in [3.05, 3.63) is 77.1 Å². The van der Waals surface area contributed by atoms with E-state index in [0.29, 0.717) is 37.2 Å². The maximum atomic E-state index is 13.2. The van der Waals surface area contributed by atoms with Gasteiger partial charge in [0.15, 0.2) is 0 Å². The fourth-order valence-electron chi connectivity index (χ4n) is 4.00. The number of fused-ring (bicyclic) bond motifs is 1. The van der Waals surface area contributed by atoms with E-state index in [2.05, 4.69) is 14.7 Å². The van der Waals surface area contributed by atoms with Gasteiger partial charge in [0.25, 0.3) is 10.0 Å². The molecule has 6 nitrogen and oxygen atoms in total. The lowest BCUT2D eigenvalue weighted by molar-refractivity contribution is -0.137. The van der Waals surface area contributed by atoms with Crippen molar-refractivity contribution >= 4 is 16.0 Å². The van der Waals surface area contributed by atoms with E-state index in [1.165, 1.54) is 36.7 Å². The third kappa shape index (κ3) is 4.95. The Hall–Kier alpha value is -3.14. The summed E-state index contributed by atoms with van der Waals surface area (Å²) in [6.45, 7) is 2.24. The summed E-state index contributed by atoms with van der Waals surface area (Å²) in [4.78, 5) is 7.72. The summed E-state index contributed by atoms with van der Waals surface area (Å²) in [6, 6.07) is 9.97. The normalized spacial score (nSPS) is 16.1. The van der Waals surface area contributed by atoms with Crippen LogP contribution in [0.5, 0.6) is 5.75 Å². The van der Waals surface area contributed by atoms with Gasteiger partial charge in [0.1, 0.15) is 5.75 Å². The van der Waals surface area contributed by atoms with Crippen molar-refractivity contribution in [3.63, 3.8) is 0 Å². The number of halogens is 3. The van der Waals surface area contributed by atoms with Crippen LogP contribution in [0.15, 0.2) is 59.8 Å². The average Bonchev–Trinajstić information content (AvgIpc) is 2.78. The monoisotopic (exact) mass is 477 g/mol. The smallest absolute Gasteiger partial charge is 0.416 e. The summed E-state index contributed by atoms with van der Waals surface area (Å²) < 4.78 is 73.3. The van der Waals surface area contributed by atoms with Crippen molar-refractivity contribution in [3.8, 4) is 5.75 Å². The number of rotatable bonds is 6. The number of benzene rings is 2. The molecular formula is C23H22F3N3O3S. The maximum absolute atomic E-state index is 13.2. The molecule has 0 fully saturated rings. The predicted octanol–water partition coefficient (Wildman–Crippen LogP) is 5.16. The molecule has 1 aliphatic rings. The quantitative estimate of drug-likeness (QED) is 0.530. The van der Waals surface area contributed by atoms with Crippen LogP contribution in [0.4, 0.5) is 19.1 Å². The second-order valence-electron chi connectivity index (χ2n) is 7.73. The number of aryl methyl sites for hydroxylation is 1. The lowest BCUT2D eigenvalue weighted by Gasteiger charge is -2.28. The summed E-state index contributed by atoms with van der Waals surface area (Å²) in [6.07, 6.45) is 0.228. The molecule has 0 spiro atoms. The van der Waals surface area contributed by atoms with Gasteiger partial charge < -0.3 is 4.74 Å². The second-order valence-corrected chi connectivity index (χ2v) is 9.41. The minimum atomic E-state index is -4.41. The molecule has 1 unspecified atom stereocenters. The minimum absolute atomic E-state index is 0.0180. The van der Waals surface area contributed by atoms with E-state index in [0.717, 1.165) is 17.2 Å². The largest absolute Gasteiger partial charge is 0.493 e. The first-order chi connectivity index (χ1) is 15.7. The Bertz CT molecular complexity index is 1250. The SMILES string of the molecule is CCCc1cc(C(F)(F)F)ccc1C1CCOc2cc(S(=O)(=O)Nc3ncccn3)ccc21. The van der Waals surface area contributed by atoms with Crippen LogP contribution in [0, 0.1) is 0 Å². The van der Waals surface area contributed by atoms with Crippen molar-refractivity contribution in [1.82, 2.24) is 9.97 Å². The van der Waals surface area contributed by atoms with Gasteiger partial charge in [0.05, 0.1) is 17.1 Å². The summed E-state index contributed by atoms with van der Waals surface area (Å²) in [7, 11) is -3.95. The molecule has 1 N–H and O–H groups in total. The van der Waals surface area contributed by atoms with E-state index in [1.807, 2.05) is 6.92 Å². The van der Waals surface area contributed by atoms with Gasteiger partial charge in [-0.05, 0) is 48.2 Å². The van der Waals surface area contributed by atoms with Gasteiger partial charge in [-0.2, -0.15) is 13.2 Å². The Morgan fingerprint density at radius 3 is 2.52 bits per heavy atom. The first-order valence-corrected chi connectivity index (χ1v) is 11.9. The summed E-state index contributed by atoms with van der Waals surface area (Å²) in [5, 5.41) is 0. The molecule has 0 aliphatic carbocycles. The lowest BCUT2D eigenvalue weighted by Crippen LogP contribution is -2.19.